The van der Waals surface area contributed by atoms with Gasteiger partial charge >= 0.3 is 17.9 Å². The molecule has 0 heterocycles. The van der Waals surface area contributed by atoms with Crippen molar-refractivity contribution in [2.75, 3.05) is 13.2 Å². The van der Waals surface area contributed by atoms with Crippen molar-refractivity contribution < 1.29 is 28.6 Å². The Morgan fingerprint density at radius 3 is 0.771 bits per heavy atom. The average molecular weight is 1150 g/mol. The lowest BCUT2D eigenvalue weighted by molar-refractivity contribution is -0.167. The van der Waals surface area contributed by atoms with E-state index in [-0.39, 0.29) is 37.5 Å². The van der Waals surface area contributed by atoms with Gasteiger partial charge in [-0.2, -0.15) is 0 Å². The Morgan fingerprint density at radius 1 is 0.253 bits per heavy atom. The fraction of sp³-hybridized carbons (Fsp3) is 0.623. The normalized spacial score (nSPS) is 13.1. The number of carbonyl (C=O) groups excluding carboxylic acids is 3. The molecule has 6 heteroatoms. The molecule has 1 atom stereocenters. The van der Waals surface area contributed by atoms with Gasteiger partial charge in [-0.05, 0) is 148 Å². The van der Waals surface area contributed by atoms with Gasteiger partial charge in [0.1, 0.15) is 13.2 Å². The monoisotopic (exact) mass is 1140 g/mol. The van der Waals surface area contributed by atoms with Crippen LogP contribution in [0.3, 0.4) is 0 Å². The highest BCUT2D eigenvalue weighted by Gasteiger charge is 2.19. The molecule has 0 spiro atoms. The van der Waals surface area contributed by atoms with Gasteiger partial charge in [0, 0.05) is 19.3 Å². The fourth-order valence-electron chi connectivity index (χ4n) is 8.97. The molecule has 0 aliphatic heterocycles. The van der Waals surface area contributed by atoms with E-state index >= 15 is 0 Å². The van der Waals surface area contributed by atoms with Gasteiger partial charge in [-0.1, -0.05) is 281 Å². The maximum absolute atomic E-state index is 12.9. The number of unbranched alkanes of at least 4 members (excludes halogenated alkanes) is 23. The smallest absolute Gasteiger partial charge is 0.306 e. The standard InChI is InChI=1S/C77H124O6/c1-4-7-10-13-16-19-22-25-28-31-33-35-36-37-38-39-40-42-43-46-49-52-55-58-61-64-67-70-76(79)82-73-74(72-81-75(78)69-66-63-60-57-54-51-48-45-30-27-24-21-18-15-12-9-6-3)83-77(80)71-68-65-62-59-56-53-50-47-44-41-34-32-29-26-23-20-17-14-11-8-5-2/h7-8,10-11,16-17,19-20,25-30,33-35,37-38,40-42,47,50,56,59,74H,4-6,9,12-15,18,21-24,31-32,36,39,43-46,48-49,51-55,57-58,60-73H2,1-3H3/b10-7-,11-8-,19-16-,20-17-,28-25-,29-26-,30-27-,35-33-,38-37-,41-34-,42-40-,50-47-,59-56-. The highest BCUT2D eigenvalue weighted by atomic mass is 16.6. The molecule has 468 valence electrons. The lowest BCUT2D eigenvalue weighted by Gasteiger charge is -2.18. The predicted octanol–water partition coefficient (Wildman–Crippen LogP) is 23.7. The Bertz CT molecular complexity index is 1840. The third-order valence-corrected chi connectivity index (χ3v) is 14.0. The molecule has 0 rings (SSSR count). The van der Waals surface area contributed by atoms with Crippen LogP contribution < -0.4 is 0 Å². The molecule has 0 amide bonds. The second-order valence-electron chi connectivity index (χ2n) is 22.0. The summed E-state index contributed by atoms with van der Waals surface area (Å²) < 4.78 is 16.9. The van der Waals surface area contributed by atoms with Crippen LogP contribution in [-0.4, -0.2) is 37.2 Å². The Morgan fingerprint density at radius 2 is 0.470 bits per heavy atom. The fourth-order valence-corrected chi connectivity index (χ4v) is 8.97. The number of hydrogen-bond acceptors (Lipinski definition) is 6. The molecule has 0 radical (unpaired) electrons. The summed E-state index contributed by atoms with van der Waals surface area (Å²) in [4.78, 5) is 38.4. The minimum Gasteiger partial charge on any atom is -0.462 e. The van der Waals surface area contributed by atoms with Crippen LogP contribution in [0.5, 0.6) is 0 Å². The van der Waals surface area contributed by atoms with Crippen molar-refractivity contribution in [3.63, 3.8) is 0 Å². The SMILES string of the molecule is CC/C=C\C/C=C\C/C=C\C/C=C\C/C=C\C/C=C\CCCCCCCCCCC(=O)OCC(COC(=O)CCCCCCCCC/C=C\CCCCCCCC)OC(=O)CCCC/C=C\C/C=C\C/C=C\C/C=C\C/C=C\C/C=C\CC. The minimum absolute atomic E-state index is 0.106. The number of hydrogen-bond donors (Lipinski definition) is 0. The Kier molecular flexibility index (Phi) is 65.4. The Hall–Kier alpha value is -4.97. The number of allylic oxidation sites excluding steroid dienone is 26. The third-order valence-electron chi connectivity index (χ3n) is 14.0. The molecule has 0 aliphatic carbocycles. The molecule has 0 aromatic heterocycles. The first-order valence-corrected chi connectivity index (χ1v) is 34.0. The highest BCUT2D eigenvalue weighted by molar-refractivity contribution is 5.71. The number of rotatable bonds is 60. The van der Waals surface area contributed by atoms with Crippen LogP contribution in [0.1, 0.15) is 290 Å². The lowest BCUT2D eigenvalue weighted by atomic mass is 10.1. The second-order valence-corrected chi connectivity index (χ2v) is 22.0. The molecule has 0 N–H and O–H groups in total. The summed E-state index contributed by atoms with van der Waals surface area (Å²) in [6.45, 7) is 6.37. The maximum atomic E-state index is 12.9. The summed E-state index contributed by atoms with van der Waals surface area (Å²) in [7, 11) is 0. The van der Waals surface area contributed by atoms with E-state index in [0.29, 0.717) is 19.3 Å². The molecular formula is C77H124O6. The van der Waals surface area contributed by atoms with E-state index in [1.54, 1.807) is 0 Å². The molecule has 0 aromatic carbocycles. The largest absolute Gasteiger partial charge is 0.462 e. The number of carbonyl (C=O) groups is 3. The van der Waals surface area contributed by atoms with Crippen molar-refractivity contribution in [3.05, 3.63) is 158 Å². The van der Waals surface area contributed by atoms with Gasteiger partial charge in [-0.25, -0.2) is 0 Å². The van der Waals surface area contributed by atoms with Gasteiger partial charge < -0.3 is 14.2 Å². The summed E-state index contributed by atoms with van der Waals surface area (Å²) in [6.07, 6.45) is 101. The van der Waals surface area contributed by atoms with Crippen molar-refractivity contribution in [2.24, 2.45) is 0 Å². The van der Waals surface area contributed by atoms with Gasteiger partial charge in [0.25, 0.3) is 0 Å². The van der Waals surface area contributed by atoms with E-state index < -0.39 is 6.10 Å². The predicted molar refractivity (Wildman–Crippen MR) is 362 cm³/mol. The number of ether oxygens (including phenoxy) is 3. The topological polar surface area (TPSA) is 78.9 Å². The van der Waals surface area contributed by atoms with Crippen molar-refractivity contribution in [3.8, 4) is 0 Å². The average Bonchev–Trinajstić information content (AvgIpc) is 3.49. The van der Waals surface area contributed by atoms with Gasteiger partial charge in [-0.15, -0.1) is 0 Å². The minimum atomic E-state index is -0.816. The molecule has 0 fully saturated rings. The van der Waals surface area contributed by atoms with E-state index in [1.165, 1.54) is 109 Å². The lowest BCUT2D eigenvalue weighted by Crippen LogP contribution is -2.30. The summed E-state index contributed by atoms with van der Waals surface area (Å²) >= 11 is 0. The first-order chi connectivity index (χ1) is 41.0. The summed E-state index contributed by atoms with van der Waals surface area (Å²) in [5, 5.41) is 0. The van der Waals surface area contributed by atoms with Gasteiger partial charge in [0.05, 0.1) is 0 Å². The van der Waals surface area contributed by atoms with E-state index in [1.807, 2.05) is 0 Å². The molecule has 1 unspecified atom stereocenters. The second kappa shape index (κ2) is 69.5. The van der Waals surface area contributed by atoms with Crippen LogP contribution in [0.25, 0.3) is 0 Å². The van der Waals surface area contributed by atoms with Crippen LogP contribution in [0.2, 0.25) is 0 Å². The van der Waals surface area contributed by atoms with Crippen molar-refractivity contribution in [1.29, 1.82) is 0 Å². The molecule has 0 bridgehead atoms. The zero-order valence-electron chi connectivity index (χ0n) is 53.7. The molecule has 83 heavy (non-hydrogen) atoms. The van der Waals surface area contributed by atoms with Crippen LogP contribution >= 0.6 is 0 Å². The van der Waals surface area contributed by atoms with Gasteiger partial charge in [0.2, 0.25) is 0 Å². The van der Waals surface area contributed by atoms with Crippen molar-refractivity contribution in [2.45, 2.75) is 297 Å². The summed E-state index contributed by atoms with van der Waals surface area (Å²) in [5.74, 6) is -0.961. The van der Waals surface area contributed by atoms with Crippen LogP contribution in [0.4, 0.5) is 0 Å². The van der Waals surface area contributed by atoms with Crippen molar-refractivity contribution >= 4 is 17.9 Å². The van der Waals surface area contributed by atoms with E-state index in [9.17, 15) is 14.4 Å². The van der Waals surface area contributed by atoms with Gasteiger partial charge in [-0.3, -0.25) is 14.4 Å². The molecule has 0 aromatic rings. The molecular weight excluding hydrogens is 1020 g/mol. The molecule has 0 aliphatic rings. The first kappa shape index (κ1) is 78.0. The van der Waals surface area contributed by atoms with E-state index in [4.69, 9.17) is 14.2 Å². The molecule has 6 nitrogen and oxygen atoms in total. The van der Waals surface area contributed by atoms with E-state index in [2.05, 4.69) is 179 Å². The summed E-state index contributed by atoms with van der Waals surface area (Å²) in [5.41, 5.74) is 0. The van der Waals surface area contributed by atoms with Crippen molar-refractivity contribution in [1.82, 2.24) is 0 Å². The van der Waals surface area contributed by atoms with Crippen LogP contribution in [-0.2, 0) is 28.6 Å². The van der Waals surface area contributed by atoms with Crippen LogP contribution in [0.15, 0.2) is 158 Å². The molecule has 0 saturated carbocycles. The zero-order valence-corrected chi connectivity index (χ0v) is 53.7. The van der Waals surface area contributed by atoms with Gasteiger partial charge in [0.15, 0.2) is 6.10 Å². The third kappa shape index (κ3) is 67.7. The Balaban J connectivity index is 4.48. The summed E-state index contributed by atoms with van der Waals surface area (Å²) in [6, 6.07) is 0. The maximum Gasteiger partial charge on any atom is 0.306 e. The van der Waals surface area contributed by atoms with Crippen LogP contribution in [0, 0.1) is 0 Å². The number of esters is 3. The Labute approximate surface area is 511 Å². The first-order valence-electron chi connectivity index (χ1n) is 34.0. The van der Waals surface area contributed by atoms with E-state index in [0.717, 1.165) is 135 Å². The zero-order chi connectivity index (χ0) is 59.9. The highest BCUT2D eigenvalue weighted by Crippen LogP contribution is 2.15. The molecule has 0 saturated heterocycles. The quantitative estimate of drug-likeness (QED) is 0.0261.